The van der Waals surface area contributed by atoms with E-state index in [1.807, 2.05) is 24.3 Å². The number of guanidine groups is 1. The highest BCUT2D eigenvalue weighted by atomic mass is 16.4. The lowest BCUT2D eigenvalue weighted by molar-refractivity contribution is -0.137. The molecule has 2 aromatic rings. The Morgan fingerprint density at radius 1 is 0.837 bits per heavy atom. The van der Waals surface area contributed by atoms with Crippen molar-refractivity contribution in [2.75, 3.05) is 13.2 Å². The van der Waals surface area contributed by atoms with E-state index >= 15 is 0 Å². The summed E-state index contributed by atoms with van der Waals surface area (Å²) in [5, 5.41) is 29.5. The van der Waals surface area contributed by atoms with Gasteiger partial charge < -0.3 is 59.4 Å². The summed E-state index contributed by atoms with van der Waals surface area (Å²) in [7, 11) is 0. The summed E-state index contributed by atoms with van der Waals surface area (Å²) >= 11 is 0. The third-order valence-corrected chi connectivity index (χ3v) is 7.50. The minimum atomic E-state index is -1.51. The van der Waals surface area contributed by atoms with Gasteiger partial charge in [-0.25, -0.2) is 0 Å². The zero-order chi connectivity index (χ0) is 36.7. The van der Waals surface area contributed by atoms with Crippen LogP contribution in [0.15, 0.2) is 35.5 Å². The van der Waals surface area contributed by atoms with Crippen LogP contribution in [0, 0.1) is 5.92 Å². The third kappa shape index (κ3) is 13.4. The van der Waals surface area contributed by atoms with Gasteiger partial charge in [-0.15, -0.1) is 0 Å². The monoisotopic (exact) mass is 688 g/mol. The second-order valence-electron chi connectivity index (χ2n) is 12.0. The molecule has 1 heterocycles. The maximum atomic E-state index is 13.6. The number of nitrogens with two attached hydrogens (primary N) is 4. The number of aliphatic hydroxyl groups is 1. The van der Waals surface area contributed by atoms with E-state index in [1.54, 1.807) is 20.0 Å². The minimum Gasteiger partial charge on any atom is -0.481 e. The molecule has 18 nitrogen and oxygen atoms in total. The molecule has 2 rings (SSSR count). The number of carboxylic acid groups (broad SMARTS) is 1. The van der Waals surface area contributed by atoms with Crippen LogP contribution >= 0.6 is 0 Å². The number of para-hydroxylation sites is 1. The zero-order valence-corrected chi connectivity index (χ0v) is 27.6. The molecule has 5 amide bonds. The number of primary amides is 1. The fraction of sp³-hybridized carbons (Fsp3) is 0.516. The number of aliphatic hydroxyl groups excluding tert-OH is 1. The Labute approximate surface area is 283 Å². The predicted octanol–water partition coefficient (Wildman–Crippen LogP) is -2.58. The first-order valence-corrected chi connectivity index (χ1v) is 15.8. The summed E-state index contributed by atoms with van der Waals surface area (Å²) in [4.78, 5) is 82.9. The van der Waals surface area contributed by atoms with Crippen molar-refractivity contribution in [2.24, 2.45) is 33.8 Å². The molecule has 0 spiro atoms. The van der Waals surface area contributed by atoms with Crippen LogP contribution in [0.4, 0.5) is 0 Å². The molecular weight excluding hydrogens is 640 g/mol. The Hall–Kier alpha value is -5.23. The maximum absolute atomic E-state index is 13.6. The number of amides is 5. The molecule has 49 heavy (non-hydrogen) atoms. The van der Waals surface area contributed by atoms with Crippen molar-refractivity contribution in [2.45, 2.75) is 82.6 Å². The standard InChI is InChI=1S/C31H48N10O8/c1-16(2)12-23(40-30(49)24(15-42)41-27(46)19(32)9-10-25(43)44)29(48)38-21(8-5-11-36-31(34)35)28(47)39-22(26(33)45)13-17-14-37-20-7-4-3-6-18(17)20/h3-4,6-7,14,16,19,21-24,37,42H,5,8-13,15,32H2,1-2H3,(H2,33,45)(H,38,48)(H,39,47)(H,40,49)(H,41,46)(H,43,44)(H4,34,35,36). The van der Waals surface area contributed by atoms with E-state index in [-0.39, 0.29) is 56.9 Å². The summed E-state index contributed by atoms with van der Waals surface area (Å²) < 4.78 is 0. The number of nitrogens with zero attached hydrogens (tertiary/aromatic N) is 1. The molecule has 0 radical (unpaired) electrons. The lowest BCUT2D eigenvalue weighted by Crippen LogP contribution is -2.59. The molecule has 0 aliphatic heterocycles. The van der Waals surface area contributed by atoms with Gasteiger partial charge in [0.1, 0.15) is 24.2 Å². The molecule has 0 fully saturated rings. The Balaban J connectivity index is 2.22. The van der Waals surface area contributed by atoms with Crippen molar-refractivity contribution in [3.8, 4) is 0 Å². The summed E-state index contributed by atoms with van der Waals surface area (Å²) in [6.45, 7) is 2.87. The van der Waals surface area contributed by atoms with Gasteiger partial charge in [0, 0.05) is 36.5 Å². The lowest BCUT2D eigenvalue weighted by atomic mass is 10.0. The first-order chi connectivity index (χ1) is 23.1. The van der Waals surface area contributed by atoms with Crippen LogP contribution in [0.2, 0.25) is 0 Å². The number of carbonyl (C=O) groups is 6. The van der Waals surface area contributed by atoms with E-state index in [1.165, 1.54) is 0 Å². The quantitative estimate of drug-likeness (QED) is 0.0367. The van der Waals surface area contributed by atoms with Gasteiger partial charge in [-0.05, 0) is 43.2 Å². The van der Waals surface area contributed by atoms with Gasteiger partial charge in [0.2, 0.25) is 29.5 Å². The molecule has 270 valence electrons. The van der Waals surface area contributed by atoms with Crippen LogP contribution in [0.5, 0.6) is 0 Å². The van der Waals surface area contributed by atoms with Crippen molar-refractivity contribution < 1.29 is 39.0 Å². The highest BCUT2D eigenvalue weighted by molar-refractivity contribution is 5.96. The Bertz CT molecular complexity index is 1490. The highest BCUT2D eigenvalue weighted by Gasteiger charge is 2.32. The van der Waals surface area contributed by atoms with E-state index in [9.17, 15) is 33.9 Å². The average molecular weight is 689 g/mol. The molecular formula is C31H48N10O8. The SMILES string of the molecule is CC(C)CC(NC(=O)C(CO)NC(=O)C(N)CCC(=O)O)C(=O)NC(CCCN=C(N)N)C(=O)NC(Cc1c[nH]c2ccccc12)C(N)=O. The Kier molecular flexibility index (Phi) is 15.9. The topological polar surface area (TPSA) is 323 Å². The molecule has 1 aromatic heterocycles. The van der Waals surface area contributed by atoms with Gasteiger partial charge in [-0.3, -0.25) is 33.8 Å². The highest BCUT2D eigenvalue weighted by Crippen LogP contribution is 2.19. The van der Waals surface area contributed by atoms with E-state index in [0.29, 0.717) is 0 Å². The second kappa shape index (κ2) is 19.6. The van der Waals surface area contributed by atoms with Crippen LogP contribution in [0.3, 0.4) is 0 Å². The number of aliphatic carboxylic acids is 1. The smallest absolute Gasteiger partial charge is 0.303 e. The average Bonchev–Trinajstić information content (AvgIpc) is 3.44. The van der Waals surface area contributed by atoms with Crippen LogP contribution in [-0.2, 0) is 35.2 Å². The van der Waals surface area contributed by atoms with Crippen LogP contribution in [0.1, 0.15) is 51.5 Å². The summed E-state index contributed by atoms with van der Waals surface area (Å²) in [6, 6.07) is 1.07. The molecule has 0 aliphatic rings. The van der Waals surface area contributed by atoms with Crippen molar-refractivity contribution in [1.29, 1.82) is 0 Å². The van der Waals surface area contributed by atoms with Crippen molar-refractivity contribution in [1.82, 2.24) is 26.3 Å². The van der Waals surface area contributed by atoms with Crippen LogP contribution < -0.4 is 44.2 Å². The number of rotatable bonds is 21. The summed E-state index contributed by atoms with van der Waals surface area (Å²) in [5.74, 6) is -5.50. The van der Waals surface area contributed by atoms with Gasteiger partial charge in [0.25, 0.3) is 0 Å². The van der Waals surface area contributed by atoms with Crippen LogP contribution in [0.25, 0.3) is 10.9 Å². The minimum absolute atomic E-state index is 0.0405. The van der Waals surface area contributed by atoms with Crippen molar-refractivity contribution >= 4 is 52.4 Å². The molecule has 0 saturated heterocycles. The number of hydrogen-bond donors (Lipinski definition) is 11. The molecule has 5 unspecified atom stereocenters. The van der Waals surface area contributed by atoms with Gasteiger partial charge in [-0.2, -0.15) is 0 Å². The fourth-order valence-electron chi connectivity index (χ4n) is 4.92. The van der Waals surface area contributed by atoms with E-state index in [4.69, 9.17) is 28.0 Å². The van der Waals surface area contributed by atoms with Crippen molar-refractivity contribution in [3.05, 3.63) is 36.0 Å². The number of carboxylic acids is 1. The van der Waals surface area contributed by atoms with E-state index < -0.39 is 72.3 Å². The molecule has 0 saturated carbocycles. The van der Waals surface area contributed by atoms with E-state index in [2.05, 4.69) is 31.2 Å². The number of carbonyl (C=O) groups excluding carboxylic acids is 5. The van der Waals surface area contributed by atoms with E-state index in [0.717, 1.165) is 16.5 Å². The Morgan fingerprint density at radius 3 is 2.04 bits per heavy atom. The number of aromatic amines is 1. The molecule has 15 N–H and O–H groups in total. The number of aromatic nitrogens is 1. The Morgan fingerprint density at radius 2 is 1.43 bits per heavy atom. The lowest BCUT2D eigenvalue weighted by Gasteiger charge is -2.27. The van der Waals surface area contributed by atoms with Crippen molar-refractivity contribution in [3.63, 3.8) is 0 Å². The van der Waals surface area contributed by atoms with Gasteiger partial charge in [-0.1, -0.05) is 32.0 Å². The number of benzene rings is 1. The zero-order valence-electron chi connectivity index (χ0n) is 27.6. The number of nitrogens with one attached hydrogen (secondary N) is 5. The number of fused-ring (bicyclic) bond motifs is 1. The molecule has 0 bridgehead atoms. The maximum Gasteiger partial charge on any atom is 0.303 e. The second-order valence-corrected chi connectivity index (χ2v) is 12.0. The largest absolute Gasteiger partial charge is 0.481 e. The summed E-state index contributed by atoms with van der Waals surface area (Å²) in [6.07, 6.45) is 1.59. The van der Waals surface area contributed by atoms with Crippen LogP contribution in [-0.4, -0.2) is 100 Å². The first kappa shape index (κ1) is 39.9. The fourth-order valence-corrected chi connectivity index (χ4v) is 4.92. The molecule has 0 aliphatic carbocycles. The normalized spacial score (nSPS) is 14.1. The van der Waals surface area contributed by atoms with Gasteiger partial charge >= 0.3 is 5.97 Å². The van der Waals surface area contributed by atoms with Gasteiger partial charge in [0.05, 0.1) is 12.6 Å². The first-order valence-electron chi connectivity index (χ1n) is 15.8. The molecule has 18 heteroatoms. The molecule has 1 aromatic carbocycles. The number of H-pyrrole nitrogens is 1. The number of aliphatic imine (C=N–C) groups is 1. The predicted molar refractivity (Wildman–Crippen MR) is 180 cm³/mol. The molecule has 5 atom stereocenters. The summed E-state index contributed by atoms with van der Waals surface area (Å²) in [5.41, 5.74) is 23.7. The van der Waals surface area contributed by atoms with Gasteiger partial charge in [0.15, 0.2) is 5.96 Å². The third-order valence-electron chi connectivity index (χ3n) is 7.50. The number of hydrogen-bond acceptors (Lipinski definition) is 9.